The lowest BCUT2D eigenvalue weighted by Gasteiger charge is -1.91. The van der Waals surface area contributed by atoms with Crippen molar-refractivity contribution >= 4 is 24.5 Å². The number of rotatable bonds is 3. The maximum absolute atomic E-state index is 5.02. The highest BCUT2D eigenvalue weighted by atomic mass is 32.1. The molecule has 0 fully saturated rings. The van der Waals surface area contributed by atoms with Gasteiger partial charge in [0.1, 0.15) is 5.82 Å². The van der Waals surface area contributed by atoms with Gasteiger partial charge in [-0.15, -0.1) is 0 Å². The van der Waals surface area contributed by atoms with Crippen molar-refractivity contribution in [2.45, 2.75) is 6.92 Å². The van der Waals surface area contributed by atoms with Crippen LogP contribution in [0.5, 0.6) is 0 Å². The molecule has 0 saturated carbocycles. The molecule has 4 nitrogen and oxygen atoms in total. The molecule has 0 saturated heterocycles. The Morgan fingerprint density at radius 2 is 2.12 bits per heavy atom. The quantitative estimate of drug-likeness (QED) is 0.666. The SMILES string of the molecule is Cc1n[nH]c(=S)n1/N=C\C=C\c1ccccc1. The Bertz CT molecular complexity index is 592. The average Bonchev–Trinajstić information content (AvgIpc) is 2.67. The molecule has 5 heteroatoms. The minimum atomic E-state index is 0.492. The molecule has 0 amide bonds. The Labute approximate surface area is 104 Å². The molecule has 0 aliphatic heterocycles. The Hall–Kier alpha value is -2.01. The fraction of sp³-hybridized carbons (Fsp3) is 0.0833. The fourth-order valence-corrected chi connectivity index (χ4v) is 1.55. The minimum Gasteiger partial charge on any atom is -0.250 e. The lowest BCUT2D eigenvalue weighted by atomic mass is 10.2. The number of nitrogens with zero attached hydrogens (tertiary/aromatic N) is 3. The highest BCUT2D eigenvalue weighted by molar-refractivity contribution is 7.71. The number of nitrogens with one attached hydrogen (secondary N) is 1. The summed E-state index contributed by atoms with van der Waals surface area (Å²) in [7, 11) is 0. The fourth-order valence-electron chi connectivity index (χ4n) is 1.33. The van der Waals surface area contributed by atoms with Gasteiger partial charge in [-0.1, -0.05) is 36.4 Å². The van der Waals surface area contributed by atoms with E-state index in [0.717, 1.165) is 11.4 Å². The van der Waals surface area contributed by atoms with Crippen LogP contribution in [0.15, 0.2) is 41.5 Å². The number of H-pyrrole nitrogens is 1. The van der Waals surface area contributed by atoms with Crippen molar-refractivity contribution in [2.75, 3.05) is 0 Å². The summed E-state index contributed by atoms with van der Waals surface area (Å²) >= 11 is 5.02. The third-order valence-electron chi connectivity index (χ3n) is 2.17. The van der Waals surface area contributed by atoms with Gasteiger partial charge >= 0.3 is 0 Å². The number of allylic oxidation sites excluding steroid dienone is 1. The molecule has 2 rings (SSSR count). The average molecular weight is 244 g/mol. The van der Waals surface area contributed by atoms with Crippen molar-refractivity contribution in [1.29, 1.82) is 0 Å². The molecule has 2 aromatic rings. The Morgan fingerprint density at radius 1 is 1.35 bits per heavy atom. The normalized spacial score (nSPS) is 11.6. The number of aryl methyl sites for hydroxylation is 1. The highest BCUT2D eigenvalue weighted by Gasteiger charge is 1.95. The second-order valence-electron chi connectivity index (χ2n) is 3.42. The van der Waals surface area contributed by atoms with Crippen molar-refractivity contribution in [3.05, 3.63) is 52.6 Å². The molecular weight excluding hydrogens is 232 g/mol. The maximum atomic E-state index is 5.02. The van der Waals surface area contributed by atoms with Gasteiger partial charge in [-0.05, 0) is 30.8 Å². The van der Waals surface area contributed by atoms with Crippen LogP contribution in [0.1, 0.15) is 11.4 Å². The third-order valence-corrected chi connectivity index (χ3v) is 2.43. The zero-order valence-corrected chi connectivity index (χ0v) is 10.2. The minimum absolute atomic E-state index is 0.492. The smallest absolute Gasteiger partial charge is 0.216 e. The van der Waals surface area contributed by atoms with E-state index in [1.165, 1.54) is 0 Å². The van der Waals surface area contributed by atoms with Crippen molar-refractivity contribution in [3.63, 3.8) is 0 Å². The third kappa shape index (κ3) is 2.98. The Kier molecular flexibility index (Phi) is 3.62. The van der Waals surface area contributed by atoms with Crippen LogP contribution < -0.4 is 0 Å². The van der Waals surface area contributed by atoms with Crippen molar-refractivity contribution in [1.82, 2.24) is 14.9 Å². The van der Waals surface area contributed by atoms with Gasteiger partial charge in [0.2, 0.25) is 4.77 Å². The first-order valence-electron chi connectivity index (χ1n) is 5.17. The first kappa shape index (κ1) is 11.5. The molecule has 0 bridgehead atoms. The molecule has 1 aromatic carbocycles. The van der Waals surface area contributed by atoms with Crippen LogP contribution in [0.4, 0.5) is 0 Å². The summed E-state index contributed by atoms with van der Waals surface area (Å²) in [6, 6.07) is 10.0. The van der Waals surface area contributed by atoms with Crippen LogP contribution in [-0.4, -0.2) is 21.1 Å². The lowest BCUT2D eigenvalue weighted by molar-refractivity contribution is 0.821. The van der Waals surface area contributed by atoms with Crippen LogP contribution in [-0.2, 0) is 0 Å². The van der Waals surface area contributed by atoms with Gasteiger partial charge in [-0.3, -0.25) is 5.10 Å². The van der Waals surface area contributed by atoms with E-state index >= 15 is 0 Å². The molecule has 86 valence electrons. The summed E-state index contributed by atoms with van der Waals surface area (Å²) < 4.78 is 2.07. The number of hydrogen-bond donors (Lipinski definition) is 1. The topological polar surface area (TPSA) is 46.0 Å². The molecule has 0 aliphatic carbocycles. The summed E-state index contributed by atoms with van der Waals surface area (Å²) in [6.07, 6.45) is 5.53. The van der Waals surface area contributed by atoms with E-state index in [0.29, 0.717) is 4.77 Å². The highest BCUT2D eigenvalue weighted by Crippen LogP contribution is 2.00. The van der Waals surface area contributed by atoms with Crippen molar-refractivity contribution in [3.8, 4) is 0 Å². The molecule has 1 N–H and O–H groups in total. The first-order chi connectivity index (χ1) is 8.27. The Morgan fingerprint density at radius 3 is 2.76 bits per heavy atom. The number of aromatic amines is 1. The van der Waals surface area contributed by atoms with Gasteiger partial charge in [0, 0.05) is 6.21 Å². The van der Waals surface area contributed by atoms with Crippen molar-refractivity contribution < 1.29 is 0 Å². The van der Waals surface area contributed by atoms with Gasteiger partial charge in [-0.25, -0.2) is 0 Å². The van der Waals surface area contributed by atoms with E-state index in [1.54, 1.807) is 10.9 Å². The number of aromatic nitrogens is 3. The van der Waals surface area contributed by atoms with E-state index in [-0.39, 0.29) is 0 Å². The molecule has 0 unspecified atom stereocenters. The maximum Gasteiger partial charge on any atom is 0.216 e. The molecule has 0 atom stereocenters. The Balaban J connectivity index is 2.09. The molecule has 17 heavy (non-hydrogen) atoms. The summed E-state index contributed by atoms with van der Waals surface area (Å²) in [6.45, 7) is 1.84. The van der Waals surface area contributed by atoms with Crippen LogP contribution >= 0.6 is 12.2 Å². The molecular formula is C12H12N4S. The van der Waals surface area contributed by atoms with E-state index < -0.39 is 0 Å². The van der Waals surface area contributed by atoms with Crippen LogP contribution in [0, 0.1) is 11.7 Å². The van der Waals surface area contributed by atoms with Crippen LogP contribution in [0.3, 0.4) is 0 Å². The number of hydrogen-bond acceptors (Lipinski definition) is 3. The number of benzene rings is 1. The molecule has 0 radical (unpaired) electrons. The lowest BCUT2D eigenvalue weighted by Crippen LogP contribution is -1.91. The second-order valence-corrected chi connectivity index (χ2v) is 3.81. The summed E-state index contributed by atoms with van der Waals surface area (Å²) in [5.74, 6) is 0.736. The molecule has 1 aromatic heterocycles. The van der Waals surface area contributed by atoms with E-state index in [4.69, 9.17) is 12.2 Å². The second kappa shape index (κ2) is 5.36. The van der Waals surface area contributed by atoms with Gasteiger partial charge in [0.25, 0.3) is 0 Å². The van der Waals surface area contributed by atoms with Crippen LogP contribution in [0.2, 0.25) is 0 Å². The molecule has 0 aliphatic rings. The summed E-state index contributed by atoms with van der Waals surface area (Å²) in [5, 5.41) is 10.8. The largest absolute Gasteiger partial charge is 0.250 e. The zero-order chi connectivity index (χ0) is 12.1. The van der Waals surface area contributed by atoms with Crippen molar-refractivity contribution in [2.24, 2.45) is 5.10 Å². The van der Waals surface area contributed by atoms with E-state index in [9.17, 15) is 0 Å². The van der Waals surface area contributed by atoms with Crippen LogP contribution in [0.25, 0.3) is 6.08 Å². The van der Waals surface area contributed by atoms with Gasteiger partial charge in [-0.2, -0.15) is 14.9 Å². The standard InChI is InChI=1S/C12H12N4S/c1-10-14-15-12(17)16(10)13-9-5-8-11-6-3-2-4-7-11/h2-9H,1H3,(H,15,17)/b8-5+,13-9-. The van der Waals surface area contributed by atoms with E-state index in [2.05, 4.69) is 15.3 Å². The van der Waals surface area contributed by atoms with Gasteiger partial charge in [0.05, 0.1) is 0 Å². The van der Waals surface area contributed by atoms with Gasteiger partial charge in [0.15, 0.2) is 0 Å². The predicted octanol–water partition coefficient (Wildman–Crippen LogP) is 2.80. The summed E-state index contributed by atoms with van der Waals surface area (Å²) in [5.41, 5.74) is 1.13. The monoisotopic (exact) mass is 244 g/mol. The predicted molar refractivity (Wildman–Crippen MR) is 71.5 cm³/mol. The summed E-state index contributed by atoms with van der Waals surface area (Å²) in [4.78, 5) is 0. The van der Waals surface area contributed by atoms with Gasteiger partial charge < -0.3 is 0 Å². The molecule has 1 heterocycles. The molecule has 0 spiro atoms. The first-order valence-corrected chi connectivity index (χ1v) is 5.58. The van der Waals surface area contributed by atoms with E-state index in [1.807, 2.05) is 49.4 Å². The zero-order valence-electron chi connectivity index (χ0n) is 9.37.